The fraction of sp³-hybridized carbons (Fsp3) is 0.308. The van der Waals surface area contributed by atoms with Crippen molar-refractivity contribution in [2.24, 2.45) is 5.11 Å². The summed E-state index contributed by atoms with van der Waals surface area (Å²) in [5.74, 6) is 0. The van der Waals surface area contributed by atoms with Gasteiger partial charge in [-0.1, -0.05) is 22.8 Å². The first-order valence-corrected chi connectivity index (χ1v) is 6.42. The lowest BCUT2D eigenvalue weighted by Crippen LogP contribution is -2.19. The third-order valence-electron chi connectivity index (χ3n) is 3.01. The summed E-state index contributed by atoms with van der Waals surface area (Å²) in [6.45, 7) is 0.130. The number of hydrogen-bond acceptors (Lipinski definition) is 4. The van der Waals surface area contributed by atoms with Gasteiger partial charge in [-0.25, -0.2) is 0 Å². The maximum atomic E-state index is 10.1. The third kappa shape index (κ3) is 3.18. The summed E-state index contributed by atoms with van der Waals surface area (Å²) in [4.78, 5) is 6.76. The highest BCUT2D eigenvalue weighted by molar-refractivity contribution is 6.35. The Balaban J connectivity index is 2.23. The van der Waals surface area contributed by atoms with E-state index in [1.807, 2.05) is 0 Å². The first-order valence-electron chi connectivity index (χ1n) is 6.04. The first-order chi connectivity index (χ1) is 9.63. The number of hydrogen-bond donors (Lipinski definition) is 2. The van der Waals surface area contributed by atoms with E-state index >= 15 is 0 Å². The lowest BCUT2D eigenvalue weighted by atomic mass is 10.0. The number of azide groups is 1. The smallest absolute Gasteiger partial charge is 0.105 e. The maximum absolute atomic E-state index is 10.1. The van der Waals surface area contributed by atoms with Gasteiger partial charge in [0.2, 0.25) is 0 Å². The minimum absolute atomic E-state index is 0.130. The van der Waals surface area contributed by atoms with Crippen molar-refractivity contribution in [1.29, 1.82) is 0 Å². The monoisotopic (exact) mass is 292 g/mol. The van der Waals surface area contributed by atoms with Crippen molar-refractivity contribution in [2.45, 2.75) is 18.6 Å². The fourth-order valence-corrected chi connectivity index (χ4v) is 2.14. The summed E-state index contributed by atoms with van der Waals surface area (Å²) in [6.07, 6.45) is -0.280. The molecule has 0 saturated heterocycles. The van der Waals surface area contributed by atoms with E-state index < -0.39 is 12.2 Å². The van der Waals surface area contributed by atoms with Crippen LogP contribution in [0.1, 0.15) is 18.1 Å². The summed E-state index contributed by atoms with van der Waals surface area (Å²) in [5.41, 5.74) is 9.44. The van der Waals surface area contributed by atoms with Crippen LogP contribution in [-0.4, -0.2) is 27.8 Å². The number of aliphatic hydroxyl groups is 2. The standard InChI is InChI=1S/C13H13ClN4O2/c14-10-3-5-16-11-2-1-8(7-9(10)11)13(20)12(19)4-6-17-18-15/h1-3,5,7,12-13,19-20H,4,6H2. The van der Waals surface area contributed by atoms with Crippen molar-refractivity contribution in [3.8, 4) is 0 Å². The Labute approximate surface area is 120 Å². The molecule has 0 radical (unpaired) electrons. The molecule has 0 aliphatic rings. The molecule has 0 aliphatic carbocycles. The van der Waals surface area contributed by atoms with Crippen LogP contribution in [0.5, 0.6) is 0 Å². The molecule has 2 aromatic rings. The van der Waals surface area contributed by atoms with Gasteiger partial charge in [-0.3, -0.25) is 4.98 Å². The number of halogens is 1. The molecule has 2 rings (SSSR count). The second kappa shape index (κ2) is 6.54. The predicted molar refractivity (Wildman–Crippen MR) is 76.3 cm³/mol. The molecule has 2 unspecified atom stereocenters. The van der Waals surface area contributed by atoms with Crippen LogP contribution in [0.3, 0.4) is 0 Å². The van der Waals surface area contributed by atoms with Gasteiger partial charge in [0.05, 0.1) is 16.6 Å². The number of fused-ring (bicyclic) bond motifs is 1. The van der Waals surface area contributed by atoms with Crippen molar-refractivity contribution in [2.75, 3.05) is 6.54 Å². The highest BCUT2D eigenvalue weighted by Crippen LogP contribution is 2.27. The molecule has 104 valence electrons. The van der Waals surface area contributed by atoms with Crippen LogP contribution in [-0.2, 0) is 0 Å². The first kappa shape index (κ1) is 14.6. The van der Waals surface area contributed by atoms with Crippen molar-refractivity contribution >= 4 is 22.5 Å². The van der Waals surface area contributed by atoms with Crippen LogP contribution >= 0.6 is 11.6 Å². The molecule has 2 N–H and O–H groups in total. The maximum Gasteiger partial charge on any atom is 0.105 e. The minimum Gasteiger partial charge on any atom is -0.390 e. The summed E-state index contributed by atoms with van der Waals surface area (Å²) in [6, 6.07) is 6.79. The van der Waals surface area contributed by atoms with E-state index in [0.29, 0.717) is 16.0 Å². The van der Waals surface area contributed by atoms with Gasteiger partial charge in [0, 0.05) is 23.0 Å². The zero-order chi connectivity index (χ0) is 14.5. The summed E-state index contributed by atoms with van der Waals surface area (Å²) in [7, 11) is 0. The molecule has 1 aromatic carbocycles. The molecule has 0 bridgehead atoms. The molecule has 0 spiro atoms. The molecule has 2 atom stereocenters. The molecular formula is C13H13ClN4O2. The molecule has 1 aromatic heterocycles. The quantitative estimate of drug-likeness (QED) is 0.503. The van der Waals surface area contributed by atoms with Gasteiger partial charge >= 0.3 is 0 Å². The van der Waals surface area contributed by atoms with Crippen LogP contribution in [0.15, 0.2) is 35.6 Å². The van der Waals surface area contributed by atoms with Crippen LogP contribution < -0.4 is 0 Å². The molecular weight excluding hydrogens is 280 g/mol. The van der Waals surface area contributed by atoms with E-state index in [2.05, 4.69) is 15.0 Å². The highest BCUT2D eigenvalue weighted by Gasteiger charge is 2.18. The number of aliphatic hydroxyl groups excluding tert-OH is 2. The van der Waals surface area contributed by atoms with E-state index in [9.17, 15) is 10.2 Å². The largest absolute Gasteiger partial charge is 0.390 e. The Morgan fingerprint density at radius 1 is 1.35 bits per heavy atom. The normalized spacial score (nSPS) is 13.8. The summed E-state index contributed by atoms with van der Waals surface area (Å²) >= 11 is 6.08. The van der Waals surface area contributed by atoms with E-state index in [0.717, 1.165) is 5.52 Å². The van der Waals surface area contributed by atoms with Gasteiger partial charge in [0.1, 0.15) is 6.10 Å². The highest BCUT2D eigenvalue weighted by atomic mass is 35.5. The van der Waals surface area contributed by atoms with Crippen LogP contribution in [0.2, 0.25) is 5.02 Å². The van der Waals surface area contributed by atoms with Crippen molar-refractivity contribution in [3.05, 3.63) is 51.5 Å². The lowest BCUT2D eigenvalue weighted by molar-refractivity contribution is 0.0151. The summed E-state index contributed by atoms with van der Waals surface area (Å²) < 4.78 is 0. The molecule has 0 aliphatic heterocycles. The Hall–Kier alpha value is -1.85. The van der Waals surface area contributed by atoms with Crippen molar-refractivity contribution < 1.29 is 10.2 Å². The zero-order valence-corrected chi connectivity index (χ0v) is 11.3. The number of pyridine rings is 1. The predicted octanol–water partition coefficient (Wildman–Crippen LogP) is 2.98. The average Bonchev–Trinajstić information content (AvgIpc) is 2.47. The molecule has 6 nitrogen and oxygen atoms in total. The molecule has 20 heavy (non-hydrogen) atoms. The Morgan fingerprint density at radius 3 is 2.90 bits per heavy atom. The molecule has 0 fully saturated rings. The van der Waals surface area contributed by atoms with Gasteiger partial charge < -0.3 is 10.2 Å². The van der Waals surface area contributed by atoms with E-state index in [-0.39, 0.29) is 13.0 Å². The van der Waals surface area contributed by atoms with Crippen molar-refractivity contribution in [3.63, 3.8) is 0 Å². The zero-order valence-electron chi connectivity index (χ0n) is 10.5. The van der Waals surface area contributed by atoms with E-state index in [4.69, 9.17) is 17.1 Å². The second-order valence-corrected chi connectivity index (χ2v) is 4.73. The third-order valence-corrected chi connectivity index (χ3v) is 3.34. The number of aromatic nitrogens is 1. The van der Waals surface area contributed by atoms with Crippen LogP contribution in [0.25, 0.3) is 21.3 Å². The number of rotatable bonds is 5. The van der Waals surface area contributed by atoms with Crippen LogP contribution in [0.4, 0.5) is 0 Å². The minimum atomic E-state index is -1.07. The van der Waals surface area contributed by atoms with Gasteiger partial charge in [-0.2, -0.15) is 0 Å². The Morgan fingerprint density at radius 2 is 2.15 bits per heavy atom. The SMILES string of the molecule is [N-]=[N+]=NCCC(O)C(O)c1ccc2nccc(Cl)c2c1. The van der Waals surface area contributed by atoms with Crippen molar-refractivity contribution in [1.82, 2.24) is 4.98 Å². The van der Waals surface area contributed by atoms with Gasteiger partial charge in [0.25, 0.3) is 0 Å². The average molecular weight is 293 g/mol. The Kier molecular flexibility index (Phi) is 4.76. The number of benzene rings is 1. The Bertz CT molecular complexity index is 658. The lowest BCUT2D eigenvalue weighted by Gasteiger charge is -2.17. The number of nitrogens with zero attached hydrogens (tertiary/aromatic N) is 4. The molecule has 0 amide bonds. The fourth-order valence-electron chi connectivity index (χ4n) is 1.93. The summed E-state index contributed by atoms with van der Waals surface area (Å²) in [5, 5.41) is 24.5. The van der Waals surface area contributed by atoms with E-state index in [1.165, 1.54) is 0 Å². The second-order valence-electron chi connectivity index (χ2n) is 4.32. The molecule has 1 heterocycles. The van der Waals surface area contributed by atoms with Gasteiger partial charge in [0.15, 0.2) is 0 Å². The van der Waals surface area contributed by atoms with Gasteiger partial charge in [-0.05, 0) is 35.7 Å². The van der Waals surface area contributed by atoms with Gasteiger partial charge in [-0.15, -0.1) is 0 Å². The molecule has 0 saturated carbocycles. The van der Waals surface area contributed by atoms with Crippen LogP contribution in [0, 0.1) is 0 Å². The molecule has 7 heteroatoms. The van der Waals surface area contributed by atoms with E-state index in [1.54, 1.807) is 30.5 Å². The topological polar surface area (TPSA) is 102 Å².